The molecule has 2 rings (SSSR count). The second-order valence-corrected chi connectivity index (χ2v) is 6.48. The number of hydrogen-bond donors (Lipinski definition) is 1. The zero-order valence-electron chi connectivity index (χ0n) is 15.6. The summed E-state index contributed by atoms with van der Waals surface area (Å²) in [7, 11) is 0. The van der Waals surface area contributed by atoms with Crippen LogP contribution in [0.3, 0.4) is 0 Å². The summed E-state index contributed by atoms with van der Waals surface area (Å²) in [5.74, 6) is -1.08. The summed E-state index contributed by atoms with van der Waals surface area (Å²) in [5.41, 5.74) is -1.24. The Balaban J connectivity index is 2.00. The lowest BCUT2D eigenvalue weighted by atomic mass is 9.90. The highest BCUT2D eigenvalue weighted by Crippen LogP contribution is 2.38. The first-order valence-electron chi connectivity index (χ1n) is 8.31. The highest BCUT2D eigenvalue weighted by Gasteiger charge is 2.30. The Kier molecular flexibility index (Phi) is 6.20. The number of ether oxygens (including phenoxy) is 3. The van der Waals surface area contributed by atoms with E-state index in [1.54, 1.807) is 20.8 Å². The lowest BCUT2D eigenvalue weighted by molar-refractivity contribution is -0.385. The van der Waals surface area contributed by atoms with Gasteiger partial charge in [0.05, 0.1) is 22.6 Å². The van der Waals surface area contributed by atoms with Gasteiger partial charge < -0.3 is 19.5 Å². The van der Waals surface area contributed by atoms with E-state index >= 15 is 0 Å². The summed E-state index contributed by atoms with van der Waals surface area (Å²) in [6.07, 6.45) is 2.15. The van der Waals surface area contributed by atoms with E-state index < -0.39 is 28.9 Å². The molecule has 0 unspecified atom stereocenters. The maximum absolute atomic E-state index is 11.9. The van der Waals surface area contributed by atoms with Crippen molar-refractivity contribution in [1.29, 1.82) is 5.26 Å². The van der Waals surface area contributed by atoms with Crippen molar-refractivity contribution in [2.24, 2.45) is 5.92 Å². The largest absolute Gasteiger partial charge is 0.454 e. The third kappa shape index (κ3) is 4.76. The van der Waals surface area contributed by atoms with Gasteiger partial charge in [0.25, 0.3) is 11.6 Å². The van der Waals surface area contributed by atoms with E-state index in [1.165, 1.54) is 18.2 Å². The van der Waals surface area contributed by atoms with Crippen molar-refractivity contribution < 1.29 is 28.7 Å². The molecule has 1 heterocycles. The second-order valence-electron chi connectivity index (χ2n) is 6.48. The van der Waals surface area contributed by atoms with Crippen molar-refractivity contribution in [3.05, 3.63) is 33.9 Å². The third-order valence-corrected chi connectivity index (χ3v) is 4.25. The number of nitrogens with one attached hydrogen (secondary N) is 1. The average molecular weight is 389 g/mol. The molecule has 0 saturated carbocycles. The fraction of sp³-hybridized carbons (Fsp3) is 0.389. The van der Waals surface area contributed by atoms with E-state index in [9.17, 15) is 25.0 Å². The normalized spacial score (nSPS) is 14.4. The van der Waals surface area contributed by atoms with Crippen LogP contribution in [0.15, 0.2) is 18.2 Å². The smallest absolute Gasteiger partial charge is 0.331 e. The number of esters is 1. The maximum atomic E-state index is 11.9. The number of amides is 1. The molecule has 10 heteroatoms. The molecule has 1 aromatic carbocycles. The number of benzene rings is 1. The molecular formula is C18H19N3O7. The fourth-order valence-electron chi connectivity index (χ4n) is 2.21. The molecule has 0 radical (unpaired) electrons. The van der Waals surface area contributed by atoms with Gasteiger partial charge >= 0.3 is 5.97 Å². The van der Waals surface area contributed by atoms with Crippen LogP contribution in [0.25, 0.3) is 6.08 Å². The van der Waals surface area contributed by atoms with Crippen LogP contribution in [0, 0.1) is 27.4 Å². The summed E-state index contributed by atoms with van der Waals surface area (Å²) in [6.45, 7) is 4.48. The van der Waals surface area contributed by atoms with Crippen molar-refractivity contribution in [3.63, 3.8) is 0 Å². The number of nitro benzene ring substituents is 1. The predicted octanol–water partition coefficient (Wildman–Crippen LogP) is 1.93. The van der Waals surface area contributed by atoms with Crippen LogP contribution in [0.2, 0.25) is 0 Å². The Bertz CT molecular complexity index is 873. The molecule has 28 heavy (non-hydrogen) atoms. The molecule has 0 aliphatic carbocycles. The minimum absolute atomic E-state index is 0.0468. The number of hydrogen-bond acceptors (Lipinski definition) is 8. The SMILES string of the molecule is CC(C)[C@@](C)(C#N)NC(=O)COC(=O)/C=C/c1cc2c(cc1[N+](=O)[O-])OCO2. The second kappa shape index (κ2) is 8.39. The Morgan fingerprint density at radius 1 is 1.43 bits per heavy atom. The van der Waals surface area contributed by atoms with Gasteiger partial charge in [-0.1, -0.05) is 13.8 Å². The number of fused-ring (bicyclic) bond motifs is 1. The van der Waals surface area contributed by atoms with E-state index in [-0.39, 0.29) is 29.7 Å². The van der Waals surface area contributed by atoms with Crippen molar-refractivity contribution in [1.82, 2.24) is 5.32 Å². The van der Waals surface area contributed by atoms with Crippen LogP contribution in [-0.4, -0.2) is 35.7 Å². The molecule has 1 aliphatic rings. The van der Waals surface area contributed by atoms with E-state index in [0.29, 0.717) is 5.75 Å². The average Bonchev–Trinajstić information content (AvgIpc) is 3.10. The van der Waals surface area contributed by atoms with E-state index in [0.717, 1.165) is 6.08 Å². The number of nitriles is 1. The van der Waals surface area contributed by atoms with Crippen molar-refractivity contribution in [2.75, 3.05) is 13.4 Å². The molecular weight excluding hydrogens is 370 g/mol. The standard InChI is InChI=1S/C18H19N3O7/c1-11(2)18(3,9-19)20-16(22)8-26-17(23)5-4-12-6-14-15(28-10-27-14)7-13(12)21(24)25/h4-7,11H,8,10H2,1-3H3,(H,20,22)/b5-4+/t18-/m1/s1. The molecule has 1 amide bonds. The van der Waals surface area contributed by atoms with E-state index in [1.807, 2.05) is 6.07 Å². The van der Waals surface area contributed by atoms with Gasteiger partial charge in [0.15, 0.2) is 18.1 Å². The van der Waals surface area contributed by atoms with E-state index in [4.69, 9.17) is 14.2 Å². The summed E-state index contributed by atoms with van der Waals surface area (Å²) in [4.78, 5) is 34.3. The summed E-state index contributed by atoms with van der Waals surface area (Å²) in [5, 5.41) is 22.9. The van der Waals surface area contributed by atoms with Gasteiger partial charge in [-0.15, -0.1) is 0 Å². The fourth-order valence-corrected chi connectivity index (χ4v) is 2.21. The number of rotatable bonds is 7. The Hall–Kier alpha value is -3.61. The molecule has 0 bridgehead atoms. The first-order chi connectivity index (χ1) is 13.2. The minimum Gasteiger partial charge on any atom is -0.454 e. The number of carbonyl (C=O) groups is 2. The number of nitrogens with zero attached hydrogens (tertiary/aromatic N) is 2. The first-order valence-corrected chi connectivity index (χ1v) is 8.31. The van der Waals surface area contributed by atoms with Crippen LogP contribution < -0.4 is 14.8 Å². The van der Waals surface area contributed by atoms with Gasteiger partial charge in [-0.05, 0) is 25.0 Å². The van der Waals surface area contributed by atoms with Crippen LogP contribution in [0.5, 0.6) is 11.5 Å². The number of nitro groups is 1. The van der Waals surface area contributed by atoms with Crippen LogP contribution >= 0.6 is 0 Å². The summed E-state index contributed by atoms with van der Waals surface area (Å²) in [6, 6.07) is 4.58. The quantitative estimate of drug-likeness (QED) is 0.323. The summed E-state index contributed by atoms with van der Waals surface area (Å²) >= 11 is 0. The molecule has 0 saturated heterocycles. The van der Waals surface area contributed by atoms with Gasteiger partial charge in [0, 0.05) is 6.08 Å². The summed E-state index contributed by atoms with van der Waals surface area (Å²) < 4.78 is 15.1. The van der Waals surface area contributed by atoms with Crippen LogP contribution in [0.1, 0.15) is 26.3 Å². The molecule has 1 atom stereocenters. The monoisotopic (exact) mass is 389 g/mol. The van der Waals surface area contributed by atoms with Gasteiger partial charge in [-0.3, -0.25) is 14.9 Å². The molecule has 0 spiro atoms. The highest BCUT2D eigenvalue weighted by atomic mass is 16.7. The molecule has 0 fully saturated rings. The Morgan fingerprint density at radius 2 is 2.07 bits per heavy atom. The van der Waals surface area contributed by atoms with Gasteiger partial charge in [0.2, 0.25) is 6.79 Å². The lowest BCUT2D eigenvalue weighted by Gasteiger charge is -2.27. The molecule has 1 aliphatic heterocycles. The molecule has 0 aromatic heterocycles. The molecule has 10 nitrogen and oxygen atoms in total. The van der Waals surface area contributed by atoms with Crippen molar-refractivity contribution in [3.8, 4) is 17.6 Å². The van der Waals surface area contributed by atoms with Crippen molar-refractivity contribution in [2.45, 2.75) is 26.3 Å². The molecule has 1 aromatic rings. The lowest BCUT2D eigenvalue weighted by Crippen LogP contribution is -2.50. The topological polar surface area (TPSA) is 141 Å². The minimum atomic E-state index is -1.09. The van der Waals surface area contributed by atoms with Crippen LogP contribution in [0.4, 0.5) is 5.69 Å². The zero-order chi connectivity index (χ0) is 20.9. The Labute approximate surface area is 160 Å². The van der Waals surface area contributed by atoms with Crippen LogP contribution in [-0.2, 0) is 14.3 Å². The van der Waals surface area contributed by atoms with Gasteiger partial charge in [-0.25, -0.2) is 4.79 Å². The zero-order valence-corrected chi connectivity index (χ0v) is 15.6. The highest BCUT2D eigenvalue weighted by molar-refractivity contribution is 5.90. The predicted molar refractivity (Wildman–Crippen MR) is 96.2 cm³/mol. The van der Waals surface area contributed by atoms with Gasteiger partial charge in [-0.2, -0.15) is 5.26 Å². The Morgan fingerprint density at radius 3 is 2.64 bits per heavy atom. The third-order valence-electron chi connectivity index (χ3n) is 4.25. The molecule has 1 N–H and O–H groups in total. The van der Waals surface area contributed by atoms with E-state index in [2.05, 4.69) is 5.32 Å². The van der Waals surface area contributed by atoms with Gasteiger partial charge in [0.1, 0.15) is 5.54 Å². The first kappa shape index (κ1) is 20.7. The maximum Gasteiger partial charge on any atom is 0.331 e. The number of carbonyl (C=O) groups excluding carboxylic acids is 2. The molecule has 148 valence electrons. The van der Waals surface area contributed by atoms with Crippen molar-refractivity contribution >= 4 is 23.6 Å².